The van der Waals surface area contributed by atoms with Crippen LogP contribution in [-0.4, -0.2) is 83.1 Å². The number of hydrogen-bond acceptors (Lipinski definition) is 7. The minimum atomic E-state index is -3.92. The van der Waals surface area contributed by atoms with Gasteiger partial charge in [-0.3, -0.25) is 4.79 Å². The average molecular weight is 603 g/mol. The second kappa shape index (κ2) is 12.9. The average Bonchev–Trinajstić information content (AvgIpc) is 3.40. The Morgan fingerprint density at radius 1 is 1.21 bits per heavy atom. The summed E-state index contributed by atoms with van der Waals surface area (Å²) < 4.78 is 48.7. The molecule has 1 aliphatic rings. The van der Waals surface area contributed by atoms with Gasteiger partial charge in [-0.25, -0.2) is 22.6 Å². The van der Waals surface area contributed by atoms with Crippen molar-refractivity contribution in [3.8, 4) is 5.75 Å². The van der Waals surface area contributed by atoms with Crippen LogP contribution in [0.1, 0.15) is 19.4 Å². The van der Waals surface area contributed by atoms with Gasteiger partial charge < -0.3 is 29.9 Å². The number of halogens is 1. The number of amides is 3. The number of aliphatic hydroxyl groups excluding tert-OH is 1. The summed E-state index contributed by atoms with van der Waals surface area (Å²) in [6, 6.07) is 9.08. The van der Waals surface area contributed by atoms with E-state index < -0.39 is 34.0 Å². The van der Waals surface area contributed by atoms with Crippen molar-refractivity contribution in [1.82, 2.24) is 18.8 Å². The molecule has 226 valence electrons. The number of aromatic nitrogens is 2. The number of hydrogen-bond donors (Lipinski definition) is 3. The van der Waals surface area contributed by atoms with Crippen LogP contribution >= 0.6 is 0 Å². The Kier molecular flexibility index (Phi) is 9.49. The van der Waals surface area contributed by atoms with Crippen molar-refractivity contribution < 1.29 is 32.2 Å². The third-order valence-corrected chi connectivity index (χ3v) is 8.78. The predicted molar refractivity (Wildman–Crippen MR) is 154 cm³/mol. The molecule has 0 fully saturated rings. The van der Waals surface area contributed by atoms with Gasteiger partial charge in [0, 0.05) is 49.7 Å². The molecule has 2 aromatic carbocycles. The number of carbonyl (C=O) groups excluding carboxylic acids is 2. The first-order chi connectivity index (χ1) is 19.9. The number of sulfonamides is 1. The van der Waals surface area contributed by atoms with E-state index in [0.29, 0.717) is 22.7 Å². The van der Waals surface area contributed by atoms with Gasteiger partial charge in [-0.1, -0.05) is 6.92 Å². The Balaban J connectivity index is 1.61. The number of carbonyl (C=O) groups is 2. The van der Waals surface area contributed by atoms with E-state index in [1.54, 1.807) is 41.6 Å². The van der Waals surface area contributed by atoms with Crippen LogP contribution in [0.3, 0.4) is 0 Å². The fourth-order valence-corrected chi connectivity index (χ4v) is 5.73. The van der Waals surface area contributed by atoms with Crippen LogP contribution in [-0.2, 0) is 28.3 Å². The maximum absolute atomic E-state index is 13.4. The maximum atomic E-state index is 13.4. The van der Waals surface area contributed by atoms with E-state index in [-0.39, 0.29) is 43.0 Å². The standard InChI is InChI=1S/C28H35FN6O6S/c1-18-13-35(19(2)16-36)27(37)12-20-11-23(32-28(38)31-22-7-5-21(29)6-8-22)9-10-24(20)41-25(18)14-34(4)42(39,40)26-15-33(3)17-30-26/h5-11,15,17-19,25,36H,12-14,16H2,1-4H3,(H2,31,32,38)/t18-,19-,25+/m0/s1. The summed E-state index contributed by atoms with van der Waals surface area (Å²) in [5.74, 6) is -0.640. The Hall–Kier alpha value is -4.01. The van der Waals surface area contributed by atoms with Crippen LogP contribution in [0, 0.1) is 11.7 Å². The van der Waals surface area contributed by atoms with Gasteiger partial charge in [-0.05, 0) is 49.4 Å². The molecule has 2 heterocycles. The summed E-state index contributed by atoms with van der Waals surface area (Å²) in [6.07, 6.45) is 2.07. The van der Waals surface area contributed by atoms with E-state index in [4.69, 9.17) is 4.74 Å². The molecule has 12 nitrogen and oxygen atoms in total. The van der Waals surface area contributed by atoms with Crippen LogP contribution in [0.25, 0.3) is 0 Å². The van der Waals surface area contributed by atoms with Crippen LogP contribution in [0.2, 0.25) is 0 Å². The zero-order chi connectivity index (χ0) is 30.6. The summed E-state index contributed by atoms with van der Waals surface area (Å²) in [7, 11) is -0.796. The Labute approximate surface area is 244 Å². The molecule has 0 saturated heterocycles. The van der Waals surface area contributed by atoms with Gasteiger partial charge >= 0.3 is 6.03 Å². The highest BCUT2D eigenvalue weighted by Gasteiger charge is 2.34. The van der Waals surface area contributed by atoms with Gasteiger partial charge in [0.1, 0.15) is 17.7 Å². The highest BCUT2D eigenvalue weighted by atomic mass is 32.2. The number of rotatable bonds is 8. The second-order valence-electron chi connectivity index (χ2n) is 10.5. The fourth-order valence-electron chi connectivity index (χ4n) is 4.59. The van der Waals surface area contributed by atoms with E-state index >= 15 is 0 Å². The fraction of sp³-hybridized carbons (Fsp3) is 0.393. The quantitative estimate of drug-likeness (QED) is 0.359. The molecular weight excluding hydrogens is 567 g/mol. The zero-order valence-electron chi connectivity index (χ0n) is 23.8. The number of urea groups is 1. The lowest BCUT2D eigenvalue weighted by molar-refractivity contribution is -0.134. The molecule has 1 aromatic heterocycles. The van der Waals surface area contributed by atoms with Gasteiger partial charge in [0.15, 0.2) is 5.03 Å². The lowest BCUT2D eigenvalue weighted by Gasteiger charge is -2.33. The molecule has 3 N–H and O–H groups in total. The molecule has 0 aliphatic carbocycles. The second-order valence-corrected chi connectivity index (χ2v) is 12.5. The molecule has 3 amide bonds. The highest BCUT2D eigenvalue weighted by Crippen LogP contribution is 2.30. The van der Waals surface area contributed by atoms with E-state index in [0.717, 1.165) is 0 Å². The van der Waals surface area contributed by atoms with Crippen molar-refractivity contribution in [2.24, 2.45) is 13.0 Å². The number of nitrogens with one attached hydrogen (secondary N) is 2. The molecule has 4 rings (SSSR count). The van der Waals surface area contributed by atoms with Gasteiger partial charge in [0.05, 0.1) is 31.9 Å². The molecule has 14 heteroatoms. The summed E-state index contributed by atoms with van der Waals surface area (Å²) in [6.45, 7) is 3.53. The number of aliphatic hydroxyl groups is 1. The third-order valence-electron chi connectivity index (χ3n) is 7.07. The van der Waals surface area contributed by atoms with E-state index in [2.05, 4.69) is 15.6 Å². The first-order valence-corrected chi connectivity index (χ1v) is 14.8. The zero-order valence-corrected chi connectivity index (χ0v) is 24.6. The van der Waals surface area contributed by atoms with Crippen molar-refractivity contribution in [2.45, 2.75) is 37.4 Å². The first kappa shape index (κ1) is 30.9. The molecule has 0 radical (unpaired) electrons. The largest absolute Gasteiger partial charge is 0.488 e. The van der Waals surface area contributed by atoms with Crippen molar-refractivity contribution >= 4 is 33.3 Å². The number of fused-ring (bicyclic) bond motifs is 1. The molecule has 3 aromatic rings. The van der Waals surface area contributed by atoms with Gasteiger partial charge in [-0.15, -0.1) is 0 Å². The number of anilines is 2. The number of imidazole rings is 1. The molecular formula is C28H35FN6O6S. The van der Waals surface area contributed by atoms with Gasteiger partial charge in [0.25, 0.3) is 10.0 Å². The van der Waals surface area contributed by atoms with E-state index in [9.17, 15) is 27.5 Å². The minimum Gasteiger partial charge on any atom is -0.488 e. The lowest BCUT2D eigenvalue weighted by atomic mass is 10.0. The van der Waals surface area contributed by atoms with Crippen molar-refractivity contribution in [3.05, 3.63) is 66.4 Å². The van der Waals surface area contributed by atoms with Crippen LogP contribution in [0.4, 0.5) is 20.6 Å². The normalized spacial score (nSPS) is 18.4. The van der Waals surface area contributed by atoms with Crippen LogP contribution < -0.4 is 15.4 Å². The Morgan fingerprint density at radius 2 is 1.88 bits per heavy atom. The predicted octanol–water partition coefficient (Wildman–Crippen LogP) is 2.67. The summed E-state index contributed by atoms with van der Waals surface area (Å²) in [5, 5.41) is 15.1. The Bertz CT molecular complexity index is 1530. The van der Waals surface area contributed by atoms with Crippen molar-refractivity contribution in [2.75, 3.05) is 37.4 Å². The molecule has 0 saturated carbocycles. The molecule has 42 heavy (non-hydrogen) atoms. The molecule has 0 spiro atoms. The van der Waals surface area contributed by atoms with Crippen LogP contribution in [0.15, 0.2) is 60.0 Å². The Morgan fingerprint density at radius 3 is 2.52 bits per heavy atom. The SMILES string of the molecule is C[C@H]1CN([C@@H](C)CO)C(=O)Cc2cc(NC(=O)Nc3ccc(F)cc3)ccc2O[C@@H]1CN(C)S(=O)(=O)c1cn(C)cn1. The number of nitrogens with zero attached hydrogens (tertiary/aromatic N) is 4. The van der Waals surface area contributed by atoms with Crippen molar-refractivity contribution in [3.63, 3.8) is 0 Å². The van der Waals surface area contributed by atoms with E-state index in [1.807, 2.05) is 6.92 Å². The van der Waals surface area contributed by atoms with E-state index in [1.165, 1.54) is 48.1 Å². The minimum absolute atomic E-state index is 0.0326. The number of benzene rings is 2. The molecule has 0 unspecified atom stereocenters. The maximum Gasteiger partial charge on any atom is 0.323 e. The third kappa shape index (κ3) is 7.24. The number of aryl methyl sites for hydroxylation is 1. The first-order valence-electron chi connectivity index (χ1n) is 13.3. The summed E-state index contributed by atoms with van der Waals surface area (Å²) >= 11 is 0. The van der Waals surface area contributed by atoms with Crippen molar-refractivity contribution in [1.29, 1.82) is 0 Å². The summed E-state index contributed by atoms with van der Waals surface area (Å²) in [4.78, 5) is 31.5. The smallest absolute Gasteiger partial charge is 0.323 e. The van der Waals surface area contributed by atoms with Gasteiger partial charge in [0.2, 0.25) is 5.91 Å². The number of ether oxygens (including phenoxy) is 1. The number of likely N-dealkylation sites (N-methyl/N-ethyl adjacent to an activating group) is 1. The monoisotopic (exact) mass is 602 g/mol. The molecule has 1 aliphatic heterocycles. The topological polar surface area (TPSA) is 146 Å². The van der Waals surface area contributed by atoms with Gasteiger partial charge in [-0.2, -0.15) is 4.31 Å². The molecule has 0 bridgehead atoms. The lowest BCUT2D eigenvalue weighted by Crippen LogP contribution is -2.48. The van der Waals surface area contributed by atoms with Crippen LogP contribution in [0.5, 0.6) is 5.75 Å². The molecule has 3 atom stereocenters. The summed E-state index contributed by atoms with van der Waals surface area (Å²) in [5.41, 5.74) is 1.25. The highest BCUT2D eigenvalue weighted by molar-refractivity contribution is 7.89.